The van der Waals surface area contributed by atoms with Crippen molar-refractivity contribution in [2.45, 2.75) is 64.1 Å². The molecule has 158 valence electrons. The summed E-state index contributed by atoms with van der Waals surface area (Å²) in [5.41, 5.74) is 2.04. The third kappa shape index (κ3) is 4.14. The maximum absolute atomic E-state index is 13.1. The number of phenolic OH excluding ortho intramolecular Hbond substituents is 1. The molecule has 0 atom stereocenters. The molecule has 2 fully saturated rings. The molecule has 2 heterocycles. The lowest BCUT2D eigenvalue weighted by molar-refractivity contribution is 0.0937. The van der Waals surface area contributed by atoms with Gasteiger partial charge in [-0.2, -0.15) is 0 Å². The second kappa shape index (κ2) is 8.36. The summed E-state index contributed by atoms with van der Waals surface area (Å²) in [6.07, 6.45) is 6.65. The number of piperidine rings is 1. The molecule has 1 aromatic heterocycles. The Morgan fingerprint density at radius 2 is 1.93 bits per heavy atom. The van der Waals surface area contributed by atoms with E-state index in [0.717, 1.165) is 49.7 Å². The lowest BCUT2D eigenvalue weighted by atomic mass is 9.99. The van der Waals surface area contributed by atoms with Crippen molar-refractivity contribution >= 4 is 16.9 Å². The van der Waals surface area contributed by atoms with Crippen LogP contribution in [-0.4, -0.2) is 60.1 Å². The number of likely N-dealkylation sites (tertiary alicyclic amines) is 1. The van der Waals surface area contributed by atoms with E-state index in [1.54, 1.807) is 12.1 Å². The molecule has 2 N–H and O–H groups in total. The highest BCUT2D eigenvalue weighted by Gasteiger charge is 2.27. The van der Waals surface area contributed by atoms with E-state index in [2.05, 4.69) is 29.2 Å². The van der Waals surface area contributed by atoms with Gasteiger partial charge in [0, 0.05) is 29.6 Å². The average molecular weight is 400 g/mol. The number of benzene rings is 1. The van der Waals surface area contributed by atoms with Crippen molar-refractivity contribution in [1.29, 1.82) is 0 Å². The summed E-state index contributed by atoms with van der Waals surface area (Å²) in [5.74, 6) is 0.763. The average Bonchev–Trinajstić information content (AvgIpc) is 3.31. The van der Waals surface area contributed by atoms with Crippen LogP contribution in [0.3, 0.4) is 0 Å². The molecule has 4 rings (SSSR count). The molecular weight excluding hydrogens is 366 g/mol. The second-order valence-corrected chi connectivity index (χ2v) is 8.87. The number of furan rings is 1. The fourth-order valence-electron chi connectivity index (χ4n) is 4.94. The molecule has 0 bridgehead atoms. The molecule has 1 aliphatic carbocycles. The molecular formula is C23H33N3O3. The minimum atomic E-state index is -0.0815. The monoisotopic (exact) mass is 399 g/mol. The Bertz CT molecular complexity index is 877. The van der Waals surface area contributed by atoms with E-state index in [9.17, 15) is 9.90 Å². The summed E-state index contributed by atoms with van der Waals surface area (Å²) < 4.78 is 5.92. The third-order valence-corrected chi connectivity index (χ3v) is 6.75. The Morgan fingerprint density at radius 3 is 2.62 bits per heavy atom. The number of rotatable bonds is 5. The number of fused-ring (bicyclic) bond motifs is 1. The molecule has 0 unspecified atom stereocenters. The maximum Gasteiger partial charge on any atom is 0.255 e. The van der Waals surface area contributed by atoms with Gasteiger partial charge < -0.3 is 19.7 Å². The number of aromatic hydroxyl groups is 1. The maximum atomic E-state index is 13.1. The molecule has 1 amide bonds. The van der Waals surface area contributed by atoms with E-state index in [1.165, 1.54) is 12.8 Å². The molecule has 29 heavy (non-hydrogen) atoms. The number of phenols is 1. The zero-order valence-corrected chi connectivity index (χ0v) is 17.8. The normalized spacial score (nSPS) is 19.4. The van der Waals surface area contributed by atoms with E-state index in [1.807, 2.05) is 6.92 Å². The SMILES string of the molecule is Cc1oc2ccc(O)c(CN(C)C3CCN(C)CC3)c2c1C(=O)NC1CCCC1. The molecule has 0 spiro atoms. The Hall–Kier alpha value is -2.05. The lowest BCUT2D eigenvalue weighted by Crippen LogP contribution is -2.41. The van der Waals surface area contributed by atoms with Crippen LogP contribution in [0.1, 0.15) is 60.2 Å². The van der Waals surface area contributed by atoms with Gasteiger partial charge in [-0.3, -0.25) is 9.69 Å². The first-order valence-electron chi connectivity index (χ1n) is 10.9. The van der Waals surface area contributed by atoms with Crippen molar-refractivity contribution in [3.05, 3.63) is 29.0 Å². The van der Waals surface area contributed by atoms with E-state index in [-0.39, 0.29) is 17.7 Å². The first kappa shape index (κ1) is 20.2. The van der Waals surface area contributed by atoms with Gasteiger partial charge in [0.05, 0.1) is 5.56 Å². The summed E-state index contributed by atoms with van der Waals surface area (Å²) in [5, 5.41) is 14.6. The van der Waals surface area contributed by atoms with E-state index >= 15 is 0 Å². The molecule has 1 aliphatic heterocycles. The zero-order chi connectivity index (χ0) is 20.5. The van der Waals surface area contributed by atoms with Crippen LogP contribution in [-0.2, 0) is 6.54 Å². The van der Waals surface area contributed by atoms with Crippen LogP contribution in [0, 0.1) is 6.92 Å². The van der Waals surface area contributed by atoms with Gasteiger partial charge in [0.2, 0.25) is 0 Å². The van der Waals surface area contributed by atoms with Gasteiger partial charge in [-0.05, 0) is 71.9 Å². The van der Waals surface area contributed by atoms with Crippen molar-refractivity contribution in [3.8, 4) is 5.75 Å². The molecule has 2 aromatic rings. The van der Waals surface area contributed by atoms with E-state index < -0.39 is 0 Å². The highest BCUT2D eigenvalue weighted by Crippen LogP contribution is 2.35. The van der Waals surface area contributed by atoms with Gasteiger partial charge in [-0.25, -0.2) is 0 Å². The number of nitrogens with one attached hydrogen (secondary N) is 1. The number of nitrogens with zero attached hydrogens (tertiary/aromatic N) is 2. The summed E-state index contributed by atoms with van der Waals surface area (Å²) in [6.45, 7) is 4.61. The van der Waals surface area contributed by atoms with Crippen LogP contribution in [0.2, 0.25) is 0 Å². The molecule has 1 saturated heterocycles. The lowest BCUT2D eigenvalue weighted by Gasteiger charge is -2.35. The summed E-state index contributed by atoms with van der Waals surface area (Å²) in [4.78, 5) is 17.8. The topological polar surface area (TPSA) is 69.0 Å². The molecule has 0 radical (unpaired) electrons. The fourth-order valence-corrected chi connectivity index (χ4v) is 4.94. The Balaban J connectivity index is 1.64. The standard InChI is InChI=1S/C23H33N3O3/c1-15-21(23(28)24-16-6-4-5-7-16)22-18(19(27)8-9-20(22)29-15)14-26(3)17-10-12-25(2)13-11-17/h8-9,16-17,27H,4-7,10-14H2,1-3H3,(H,24,28). The molecule has 6 nitrogen and oxygen atoms in total. The van der Waals surface area contributed by atoms with Gasteiger partial charge in [-0.1, -0.05) is 12.8 Å². The predicted octanol–water partition coefficient (Wildman–Crippen LogP) is 3.65. The smallest absolute Gasteiger partial charge is 0.255 e. The van der Waals surface area contributed by atoms with Crippen LogP contribution in [0.25, 0.3) is 11.0 Å². The summed E-state index contributed by atoms with van der Waals surface area (Å²) in [6, 6.07) is 4.17. The highest BCUT2D eigenvalue weighted by molar-refractivity contribution is 6.09. The number of carbonyl (C=O) groups excluding carboxylic acids is 1. The van der Waals surface area contributed by atoms with Crippen molar-refractivity contribution in [1.82, 2.24) is 15.1 Å². The summed E-state index contributed by atoms with van der Waals surface area (Å²) >= 11 is 0. The van der Waals surface area contributed by atoms with Crippen LogP contribution in [0.15, 0.2) is 16.5 Å². The van der Waals surface area contributed by atoms with Crippen molar-refractivity contribution < 1.29 is 14.3 Å². The number of hydrogen-bond donors (Lipinski definition) is 2. The first-order valence-corrected chi connectivity index (χ1v) is 10.9. The Morgan fingerprint density at radius 1 is 1.24 bits per heavy atom. The number of hydrogen-bond acceptors (Lipinski definition) is 5. The van der Waals surface area contributed by atoms with Crippen molar-refractivity contribution in [2.24, 2.45) is 0 Å². The highest BCUT2D eigenvalue weighted by atomic mass is 16.3. The second-order valence-electron chi connectivity index (χ2n) is 8.87. The summed E-state index contributed by atoms with van der Waals surface area (Å²) in [7, 11) is 4.27. The number of aryl methyl sites for hydroxylation is 1. The molecule has 1 aromatic carbocycles. The van der Waals surface area contributed by atoms with Crippen LogP contribution >= 0.6 is 0 Å². The van der Waals surface area contributed by atoms with Crippen LogP contribution in [0.4, 0.5) is 0 Å². The van der Waals surface area contributed by atoms with Gasteiger partial charge in [0.25, 0.3) is 5.91 Å². The van der Waals surface area contributed by atoms with Crippen molar-refractivity contribution in [3.63, 3.8) is 0 Å². The van der Waals surface area contributed by atoms with Crippen LogP contribution < -0.4 is 5.32 Å². The van der Waals surface area contributed by atoms with Crippen molar-refractivity contribution in [2.75, 3.05) is 27.2 Å². The fraction of sp³-hybridized carbons (Fsp3) is 0.609. The number of carbonyl (C=O) groups is 1. The molecule has 1 saturated carbocycles. The van der Waals surface area contributed by atoms with Gasteiger partial charge in [0.1, 0.15) is 17.1 Å². The van der Waals surface area contributed by atoms with Crippen LogP contribution in [0.5, 0.6) is 5.75 Å². The van der Waals surface area contributed by atoms with E-state index in [4.69, 9.17) is 4.42 Å². The third-order valence-electron chi connectivity index (χ3n) is 6.75. The van der Waals surface area contributed by atoms with Gasteiger partial charge in [0.15, 0.2) is 0 Å². The molecule has 2 aliphatic rings. The predicted molar refractivity (Wildman–Crippen MR) is 114 cm³/mol. The minimum Gasteiger partial charge on any atom is -0.508 e. The molecule has 6 heteroatoms. The minimum absolute atomic E-state index is 0.0815. The Labute approximate surface area is 172 Å². The number of amides is 1. The largest absolute Gasteiger partial charge is 0.508 e. The Kier molecular flexibility index (Phi) is 5.83. The van der Waals surface area contributed by atoms with E-state index in [0.29, 0.717) is 29.5 Å². The van der Waals surface area contributed by atoms with Gasteiger partial charge in [-0.15, -0.1) is 0 Å². The van der Waals surface area contributed by atoms with Gasteiger partial charge >= 0.3 is 0 Å². The quantitative estimate of drug-likeness (QED) is 0.803. The first-order chi connectivity index (χ1) is 13.9. The zero-order valence-electron chi connectivity index (χ0n) is 17.8.